The summed E-state index contributed by atoms with van der Waals surface area (Å²) in [6.07, 6.45) is 3.64. The van der Waals surface area contributed by atoms with Crippen molar-refractivity contribution in [1.29, 1.82) is 0 Å². The molecule has 1 aliphatic carbocycles. The molecule has 2 fully saturated rings. The zero-order chi connectivity index (χ0) is 7.03. The van der Waals surface area contributed by atoms with Crippen LogP contribution in [0.3, 0.4) is 0 Å². The van der Waals surface area contributed by atoms with Crippen molar-refractivity contribution in [2.24, 2.45) is 11.3 Å². The lowest BCUT2D eigenvalue weighted by Gasteiger charge is -2.22. The zero-order valence-corrected chi connectivity index (χ0v) is 6.20. The van der Waals surface area contributed by atoms with Gasteiger partial charge in [0, 0.05) is 6.54 Å². The van der Waals surface area contributed by atoms with E-state index in [-0.39, 0.29) is 6.67 Å². The van der Waals surface area contributed by atoms with E-state index in [9.17, 15) is 4.39 Å². The zero-order valence-electron chi connectivity index (χ0n) is 6.20. The summed E-state index contributed by atoms with van der Waals surface area (Å²) in [5.41, 5.74) is 0.410. The number of alkyl halides is 1. The highest BCUT2D eigenvalue weighted by Crippen LogP contribution is 2.56. The number of hydrogen-bond acceptors (Lipinski definition) is 1. The molecule has 2 heteroatoms. The van der Waals surface area contributed by atoms with Crippen LogP contribution in [0, 0.1) is 11.3 Å². The third-order valence-electron chi connectivity index (χ3n) is 3.05. The number of piperidine rings is 1. The average molecular weight is 143 g/mol. The highest BCUT2D eigenvalue weighted by Gasteiger charge is 2.53. The quantitative estimate of drug-likeness (QED) is 0.584. The van der Waals surface area contributed by atoms with Crippen LogP contribution in [-0.2, 0) is 0 Å². The molecule has 2 rings (SSSR count). The summed E-state index contributed by atoms with van der Waals surface area (Å²) in [6, 6.07) is 0. The van der Waals surface area contributed by atoms with Crippen molar-refractivity contribution >= 4 is 0 Å². The van der Waals surface area contributed by atoms with E-state index in [1.54, 1.807) is 0 Å². The molecule has 10 heavy (non-hydrogen) atoms. The van der Waals surface area contributed by atoms with E-state index in [1.165, 1.54) is 12.8 Å². The maximum atomic E-state index is 12.2. The summed E-state index contributed by atoms with van der Waals surface area (Å²) in [5, 5.41) is 3.34. The Balaban J connectivity index is 1.92. The molecule has 0 radical (unpaired) electrons. The molecule has 0 aromatic heterocycles. The Labute approximate surface area is 61.0 Å². The van der Waals surface area contributed by atoms with Gasteiger partial charge in [-0.2, -0.15) is 0 Å². The van der Waals surface area contributed by atoms with E-state index in [1.807, 2.05) is 0 Å². The first kappa shape index (κ1) is 6.59. The molecular formula is C8H14FN. The highest BCUT2D eigenvalue weighted by atomic mass is 19.1. The van der Waals surface area contributed by atoms with Gasteiger partial charge in [-0.25, -0.2) is 0 Å². The normalized spacial score (nSPS) is 45.9. The Bertz CT molecular complexity index is 129. The van der Waals surface area contributed by atoms with Crippen molar-refractivity contribution in [1.82, 2.24) is 5.32 Å². The van der Waals surface area contributed by atoms with Crippen molar-refractivity contribution in [2.75, 3.05) is 19.8 Å². The molecule has 0 aromatic carbocycles. The average Bonchev–Trinajstić information content (AvgIpc) is 2.65. The predicted molar refractivity (Wildman–Crippen MR) is 38.6 cm³/mol. The molecule has 1 aliphatic heterocycles. The van der Waals surface area contributed by atoms with Gasteiger partial charge in [-0.05, 0) is 37.1 Å². The van der Waals surface area contributed by atoms with Gasteiger partial charge in [0.15, 0.2) is 0 Å². The molecule has 2 unspecified atom stereocenters. The van der Waals surface area contributed by atoms with Gasteiger partial charge in [-0.1, -0.05) is 0 Å². The number of nitrogens with one attached hydrogen (secondary N) is 1. The molecule has 1 spiro atoms. The summed E-state index contributed by atoms with van der Waals surface area (Å²) >= 11 is 0. The maximum absolute atomic E-state index is 12.2. The Morgan fingerprint density at radius 1 is 1.60 bits per heavy atom. The highest BCUT2D eigenvalue weighted by molar-refractivity contribution is 5.04. The van der Waals surface area contributed by atoms with E-state index < -0.39 is 0 Å². The van der Waals surface area contributed by atoms with E-state index in [2.05, 4.69) is 5.32 Å². The molecule has 0 bridgehead atoms. The van der Waals surface area contributed by atoms with Crippen LogP contribution in [0.15, 0.2) is 0 Å². The Morgan fingerprint density at radius 3 is 3.00 bits per heavy atom. The van der Waals surface area contributed by atoms with E-state index in [0.717, 1.165) is 19.5 Å². The van der Waals surface area contributed by atoms with Crippen LogP contribution in [0.2, 0.25) is 0 Å². The third kappa shape index (κ3) is 0.858. The fraction of sp³-hybridized carbons (Fsp3) is 1.00. The molecule has 1 saturated heterocycles. The van der Waals surface area contributed by atoms with Crippen molar-refractivity contribution in [2.45, 2.75) is 19.3 Å². The second kappa shape index (κ2) is 2.19. The fourth-order valence-electron chi connectivity index (χ4n) is 2.16. The summed E-state index contributed by atoms with van der Waals surface area (Å²) in [4.78, 5) is 0. The lowest BCUT2D eigenvalue weighted by atomic mass is 9.94. The van der Waals surface area contributed by atoms with Gasteiger partial charge in [0.05, 0.1) is 6.67 Å². The first-order valence-corrected chi connectivity index (χ1v) is 4.14. The van der Waals surface area contributed by atoms with E-state index >= 15 is 0 Å². The lowest BCUT2D eigenvalue weighted by molar-refractivity contribution is 0.300. The molecule has 1 saturated carbocycles. The second-order valence-corrected chi connectivity index (χ2v) is 3.70. The van der Waals surface area contributed by atoms with E-state index in [4.69, 9.17) is 0 Å². The predicted octanol–water partition coefficient (Wildman–Crippen LogP) is 1.35. The van der Waals surface area contributed by atoms with Gasteiger partial charge in [-0.3, -0.25) is 4.39 Å². The lowest BCUT2D eigenvalue weighted by Crippen LogP contribution is -2.32. The van der Waals surface area contributed by atoms with Gasteiger partial charge < -0.3 is 5.32 Å². The molecule has 1 nitrogen and oxygen atoms in total. The van der Waals surface area contributed by atoms with Crippen LogP contribution < -0.4 is 5.32 Å². The standard InChI is InChI=1S/C8H14FN/c9-5-7-4-8(7)2-1-3-10-6-8/h7,10H,1-6H2. The molecule has 2 atom stereocenters. The minimum Gasteiger partial charge on any atom is -0.316 e. The number of halogens is 1. The monoisotopic (exact) mass is 143 g/mol. The molecule has 0 aromatic rings. The van der Waals surface area contributed by atoms with Gasteiger partial charge >= 0.3 is 0 Å². The summed E-state index contributed by atoms with van der Waals surface area (Å²) in [5.74, 6) is 0.403. The van der Waals surface area contributed by atoms with Crippen LogP contribution in [0.4, 0.5) is 4.39 Å². The molecule has 0 amide bonds. The second-order valence-electron chi connectivity index (χ2n) is 3.70. The Morgan fingerprint density at radius 2 is 2.50 bits per heavy atom. The van der Waals surface area contributed by atoms with Gasteiger partial charge in [0.25, 0.3) is 0 Å². The van der Waals surface area contributed by atoms with Crippen molar-refractivity contribution in [3.63, 3.8) is 0 Å². The third-order valence-corrected chi connectivity index (χ3v) is 3.05. The molecular weight excluding hydrogens is 129 g/mol. The first-order chi connectivity index (χ1) is 4.87. The van der Waals surface area contributed by atoms with Crippen molar-refractivity contribution < 1.29 is 4.39 Å². The van der Waals surface area contributed by atoms with Crippen LogP contribution in [0.1, 0.15) is 19.3 Å². The van der Waals surface area contributed by atoms with Crippen LogP contribution >= 0.6 is 0 Å². The minimum atomic E-state index is -0.0956. The largest absolute Gasteiger partial charge is 0.316 e. The number of hydrogen-bond donors (Lipinski definition) is 1. The van der Waals surface area contributed by atoms with Crippen molar-refractivity contribution in [3.8, 4) is 0 Å². The van der Waals surface area contributed by atoms with Crippen LogP contribution in [0.5, 0.6) is 0 Å². The smallest absolute Gasteiger partial charge is 0.0928 e. The van der Waals surface area contributed by atoms with Gasteiger partial charge in [0.2, 0.25) is 0 Å². The Kier molecular flexibility index (Phi) is 1.44. The van der Waals surface area contributed by atoms with Crippen molar-refractivity contribution in [3.05, 3.63) is 0 Å². The first-order valence-electron chi connectivity index (χ1n) is 4.14. The SMILES string of the molecule is FCC1CC12CCCNC2. The summed E-state index contributed by atoms with van der Waals surface area (Å²) in [7, 11) is 0. The van der Waals surface area contributed by atoms with Gasteiger partial charge in [0.1, 0.15) is 0 Å². The molecule has 2 aliphatic rings. The van der Waals surface area contributed by atoms with Crippen LogP contribution in [-0.4, -0.2) is 19.8 Å². The Hall–Kier alpha value is -0.110. The van der Waals surface area contributed by atoms with E-state index in [0.29, 0.717) is 11.3 Å². The van der Waals surface area contributed by atoms with Crippen LogP contribution in [0.25, 0.3) is 0 Å². The summed E-state index contributed by atoms with van der Waals surface area (Å²) < 4.78 is 12.2. The summed E-state index contributed by atoms with van der Waals surface area (Å²) in [6.45, 7) is 2.12. The minimum absolute atomic E-state index is 0.0956. The topological polar surface area (TPSA) is 12.0 Å². The molecule has 1 heterocycles. The molecule has 58 valence electrons. The fourth-order valence-corrected chi connectivity index (χ4v) is 2.16. The van der Waals surface area contributed by atoms with Gasteiger partial charge in [-0.15, -0.1) is 0 Å². The maximum Gasteiger partial charge on any atom is 0.0928 e. The molecule has 1 N–H and O–H groups in total. The number of rotatable bonds is 1.